The van der Waals surface area contributed by atoms with Crippen LogP contribution in [0.25, 0.3) is 33.1 Å². The smallest absolute Gasteiger partial charge is 0.353 e. The number of carboxylic acids is 1. The monoisotopic (exact) mass is 454 g/mol. The van der Waals surface area contributed by atoms with Crippen molar-refractivity contribution in [2.45, 2.75) is 6.54 Å². The van der Waals surface area contributed by atoms with Crippen LogP contribution in [-0.2, 0) is 13.6 Å². The van der Waals surface area contributed by atoms with Gasteiger partial charge in [-0.2, -0.15) is 0 Å². The number of rotatable bonds is 5. The van der Waals surface area contributed by atoms with E-state index in [4.69, 9.17) is 14.2 Å². The lowest BCUT2D eigenvalue weighted by molar-refractivity contribution is 0.0687. The molecular weight excluding hydrogens is 432 g/mol. The van der Waals surface area contributed by atoms with Crippen molar-refractivity contribution in [3.8, 4) is 28.4 Å². The van der Waals surface area contributed by atoms with Gasteiger partial charge in [0.05, 0.1) is 23.7 Å². The maximum absolute atomic E-state index is 12.7. The maximum Gasteiger partial charge on any atom is 0.353 e. The summed E-state index contributed by atoms with van der Waals surface area (Å²) in [6.45, 7) is 0.566. The minimum absolute atomic E-state index is 0.192. The van der Waals surface area contributed by atoms with Gasteiger partial charge in [0.2, 0.25) is 6.79 Å². The van der Waals surface area contributed by atoms with Gasteiger partial charge < -0.3 is 28.5 Å². The van der Waals surface area contributed by atoms with Crippen molar-refractivity contribution in [2.24, 2.45) is 7.05 Å². The molecule has 1 aliphatic heterocycles. The molecular formula is C27H22N2O5. The van der Waals surface area contributed by atoms with Crippen LogP contribution in [0.5, 0.6) is 17.2 Å². The summed E-state index contributed by atoms with van der Waals surface area (Å²) in [4.78, 5) is 12.7. The van der Waals surface area contributed by atoms with Crippen molar-refractivity contribution in [3.63, 3.8) is 0 Å². The minimum Gasteiger partial charge on any atom is -0.497 e. The number of nitrogens with zero attached hydrogens (tertiary/aromatic N) is 2. The molecule has 0 atom stereocenters. The van der Waals surface area contributed by atoms with Gasteiger partial charge >= 0.3 is 5.97 Å². The first-order valence-electron chi connectivity index (χ1n) is 10.9. The highest BCUT2D eigenvalue weighted by atomic mass is 16.7. The lowest BCUT2D eigenvalue weighted by Crippen LogP contribution is -2.11. The molecule has 0 fully saturated rings. The number of carbonyl (C=O) groups is 1. The second-order valence-electron chi connectivity index (χ2n) is 8.30. The largest absolute Gasteiger partial charge is 0.497 e. The highest BCUT2D eigenvalue weighted by Gasteiger charge is 2.28. The van der Waals surface area contributed by atoms with Crippen LogP contribution in [0.1, 0.15) is 16.1 Å². The molecule has 1 aliphatic rings. The second-order valence-corrected chi connectivity index (χ2v) is 8.30. The summed E-state index contributed by atoms with van der Waals surface area (Å²) in [5.74, 6) is 1.11. The first kappa shape index (κ1) is 20.2. The van der Waals surface area contributed by atoms with Crippen LogP contribution < -0.4 is 14.2 Å². The van der Waals surface area contributed by atoms with Gasteiger partial charge in [0.25, 0.3) is 0 Å². The zero-order chi connectivity index (χ0) is 23.4. The normalized spacial score (nSPS) is 12.5. The number of hydrogen-bond acceptors (Lipinski definition) is 4. The minimum atomic E-state index is -0.980. The Morgan fingerprint density at radius 2 is 1.76 bits per heavy atom. The van der Waals surface area contributed by atoms with Crippen molar-refractivity contribution in [2.75, 3.05) is 13.9 Å². The fourth-order valence-corrected chi connectivity index (χ4v) is 4.92. The number of hydrogen-bond donors (Lipinski definition) is 1. The van der Waals surface area contributed by atoms with E-state index in [-0.39, 0.29) is 12.5 Å². The number of aryl methyl sites for hydroxylation is 1. The fraction of sp³-hybridized carbons (Fsp3) is 0.148. The first-order valence-corrected chi connectivity index (χ1v) is 10.9. The van der Waals surface area contributed by atoms with Gasteiger partial charge in [-0.3, -0.25) is 0 Å². The number of fused-ring (bicyclic) bond motifs is 4. The second kappa shape index (κ2) is 7.59. The van der Waals surface area contributed by atoms with E-state index in [2.05, 4.69) is 10.6 Å². The number of para-hydroxylation sites is 1. The summed E-state index contributed by atoms with van der Waals surface area (Å²) in [6.07, 6.45) is 0. The van der Waals surface area contributed by atoms with Crippen LogP contribution in [0, 0.1) is 0 Å². The molecule has 0 radical (unpaired) electrons. The Labute approximate surface area is 195 Å². The molecule has 2 aromatic heterocycles. The van der Waals surface area contributed by atoms with Gasteiger partial charge in [-0.05, 0) is 41.5 Å². The van der Waals surface area contributed by atoms with Crippen LogP contribution in [-0.4, -0.2) is 34.1 Å². The third-order valence-corrected chi connectivity index (χ3v) is 6.45. The van der Waals surface area contributed by atoms with Crippen LogP contribution in [0.2, 0.25) is 0 Å². The number of aromatic carboxylic acids is 1. The molecule has 3 heterocycles. The molecule has 0 saturated heterocycles. The fourth-order valence-electron chi connectivity index (χ4n) is 4.92. The standard InChI is InChI=1S/C27H22N2O5/c1-28-20-6-4-3-5-19(20)24-25(28)23(17-8-10-18(32-2)11-9-17)26(27(30)31)29(24)14-16-7-12-21-22(13-16)34-15-33-21/h3-13H,14-15H2,1-2H3,(H,30,31). The van der Waals surface area contributed by atoms with E-state index in [0.717, 1.165) is 33.1 Å². The predicted molar refractivity (Wildman–Crippen MR) is 129 cm³/mol. The third-order valence-electron chi connectivity index (χ3n) is 6.45. The number of aromatic nitrogens is 2. The van der Waals surface area contributed by atoms with Gasteiger partial charge in [-0.1, -0.05) is 36.4 Å². The predicted octanol–water partition coefficient (Wildman–Crippen LogP) is 5.28. The lowest BCUT2D eigenvalue weighted by Gasteiger charge is -2.11. The molecule has 170 valence electrons. The molecule has 3 aromatic carbocycles. The summed E-state index contributed by atoms with van der Waals surface area (Å²) in [6, 6.07) is 21.3. The Bertz CT molecular complexity index is 1580. The van der Waals surface area contributed by atoms with Crippen molar-refractivity contribution in [1.82, 2.24) is 9.13 Å². The average molecular weight is 454 g/mol. The highest BCUT2D eigenvalue weighted by molar-refractivity contribution is 6.16. The van der Waals surface area contributed by atoms with E-state index >= 15 is 0 Å². The molecule has 0 amide bonds. The molecule has 6 rings (SSSR count). The van der Waals surface area contributed by atoms with Gasteiger partial charge in [-0.15, -0.1) is 0 Å². The summed E-state index contributed by atoms with van der Waals surface area (Å²) < 4.78 is 20.3. The van der Waals surface area contributed by atoms with E-state index in [9.17, 15) is 9.90 Å². The maximum atomic E-state index is 12.7. The quantitative estimate of drug-likeness (QED) is 0.391. The molecule has 0 unspecified atom stereocenters. The van der Waals surface area contributed by atoms with Crippen LogP contribution in [0.4, 0.5) is 0 Å². The average Bonchev–Trinajstić information content (AvgIpc) is 3.53. The van der Waals surface area contributed by atoms with Gasteiger partial charge in [0.1, 0.15) is 11.4 Å². The number of carboxylic acid groups (broad SMARTS) is 1. The van der Waals surface area contributed by atoms with Crippen molar-refractivity contribution in [1.29, 1.82) is 0 Å². The van der Waals surface area contributed by atoms with Crippen molar-refractivity contribution >= 4 is 27.9 Å². The summed E-state index contributed by atoms with van der Waals surface area (Å²) in [5.41, 5.74) is 5.48. The van der Waals surface area contributed by atoms with Crippen molar-refractivity contribution < 1.29 is 24.1 Å². The molecule has 0 spiro atoms. The van der Waals surface area contributed by atoms with E-state index in [1.165, 1.54) is 0 Å². The molecule has 7 nitrogen and oxygen atoms in total. The van der Waals surface area contributed by atoms with Crippen molar-refractivity contribution in [3.05, 3.63) is 78.0 Å². The first-order chi connectivity index (χ1) is 16.6. The summed E-state index contributed by atoms with van der Waals surface area (Å²) in [5, 5.41) is 11.4. The highest BCUT2D eigenvalue weighted by Crippen LogP contribution is 2.41. The SMILES string of the molecule is COc1ccc(-c2c(C(=O)O)n(Cc3ccc4c(c3)OCO4)c3c4ccccc4n(C)c23)cc1. The van der Waals surface area contributed by atoms with Gasteiger partial charge in [-0.25, -0.2) is 4.79 Å². The Balaban J connectivity index is 1.66. The molecule has 0 bridgehead atoms. The van der Waals surface area contributed by atoms with Gasteiger partial charge in [0.15, 0.2) is 11.5 Å². The number of ether oxygens (including phenoxy) is 3. The molecule has 1 N–H and O–H groups in total. The Morgan fingerprint density at radius 3 is 2.53 bits per heavy atom. The molecule has 5 aromatic rings. The van der Waals surface area contributed by atoms with E-state index in [0.29, 0.717) is 29.4 Å². The summed E-state index contributed by atoms with van der Waals surface area (Å²) >= 11 is 0. The van der Waals surface area contributed by atoms with E-state index in [1.807, 2.05) is 72.3 Å². The Hall–Kier alpha value is -4.39. The molecule has 0 saturated carbocycles. The van der Waals surface area contributed by atoms with E-state index < -0.39 is 5.97 Å². The van der Waals surface area contributed by atoms with Gasteiger partial charge in [0, 0.05) is 24.5 Å². The topological polar surface area (TPSA) is 74.8 Å². The molecule has 34 heavy (non-hydrogen) atoms. The molecule has 0 aliphatic carbocycles. The zero-order valence-electron chi connectivity index (χ0n) is 18.7. The van der Waals surface area contributed by atoms with E-state index in [1.54, 1.807) is 7.11 Å². The zero-order valence-corrected chi connectivity index (χ0v) is 18.7. The van der Waals surface area contributed by atoms with Crippen LogP contribution in [0.15, 0.2) is 66.7 Å². The van der Waals surface area contributed by atoms with Crippen LogP contribution in [0.3, 0.4) is 0 Å². The molecule has 7 heteroatoms. The Kier molecular flexibility index (Phi) is 4.52. The number of benzene rings is 3. The van der Waals surface area contributed by atoms with Crippen LogP contribution >= 0.6 is 0 Å². The third kappa shape index (κ3) is 2.94. The lowest BCUT2D eigenvalue weighted by atomic mass is 10.0. The number of methoxy groups -OCH3 is 1. The summed E-state index contributed by atoms with van der Waals surface area (Å²) in [7, 11) is 3.59. The Morgan fingerprint density at radius 1 is 1.00 bits per heavy atom.